The third-order valence-electron chi connectivity index (χ3n) is 2.63. The fourth-order valence-electron chi connectivity index (χ4n) is 1.91. The van der Waals surface area contributed by atoms with Gasteiger partial charge in [0.15, 0.2) is 0 Å². The van der Waals surface area contributed by atoms with Crippen LogP contribution < -0.4 is 5.73 Å². The molecule has 0 bridgehead atoms. The second-order valence-corrected chi connectivity index (χ2v) is 3.78. The van der Waals surface area contributed by atoms with Gasteiger partial charge in [0.25, 0.3) is 0 Å². The van der Waals surface area contributed by atoms with E-state index in [0.717, 1.165) is 19.3 Å². The molecule has 2 N–H and O–H groups in total. The molecule has 1 heteroatoms. The molecule has 0 fully saturated rings. The lowest BCUT2D eigenvalue weighted by Crippen LogP contribution is -2.27. The monoisotopic (exact) mass is 161 g/mol. The first-order valence-corrected chi connectivity index (χ1v) is 4.59. The molecule has 0 amide bonds. The molecule has 1 nitrogen and oxygen atoms in total. The Morgan fingerprint density at radius 2 is 2.17 bits per heavy atom. The first-order valence-electron chi connectivity index (χ1n) is 4.59. The van der Waals surface area contributed by atoms with Crippen LogP contribution in [0.2, 0.25) is 0 Å². The summed E-state index contributed by atoms with van der Waals surface area (Å²) in [7, 11) is 0. The molecule has 1 unspecified atom stereocenters. The van der Waals surface area contributed by atoms with Gasteiger partial charge in [-0.1, -0.05) is 23.8 Å². The lowest BCUT2D eigenvalue weighted by Gasteiger charge is -2.21. The lowest BCUT2D eigenvalue weighted by atomic mass is 9.88. The number of fused-ring (bicyclic) bond motifs is 1. The Hall–Kier alpha value is -0.820. The van der Waals surface area contributed by atoms with Crippen LogP contribution in [0.3, 0.4) is 0 Å². The molecule has 64 valence electrons. The fraction of sp³-hybridized carbons (Fsp3) is 0.455. The molecule has 1 aromatic carbocycles. The molecule has 12 heavy (non-hydrogen) atoms. The Morgan fingerprint density at radius 1 is 1.33 bits per heavy atom. The first-order chi connectivity index (χ1) is 5.75. The van der Waals surface area contributed by atoms with E-state index in [2.05, 4.69) is 25.1 Å². The van der Waals surface area contributed by atoms with E-state index in [4.69, 9.17) is 5.73 Å². The molecule has 0 aliphatic heterocycles. The molecule has 0 heterocycles. The van der Waals surface area contributed by atoms with Gasteiger partial charge in [0.05, 0.1) is 0 Å². The van der Waals surface area contributed by atoms with E-state index in [1.165, 1.54) is 16.7 Å². The summed E-state index contributed by atoms with van der Waals surface area (Å²) in [6, 6.07) is 7.09. The van der Waals surface area contributed by atoms with E-state index in [1.807, 2.05) is 0 Å². The zero-order valence-corrected chi connectivity index (χ0v) is 7.51. The third kappa shape index (κ3) is 1.37. The van der Waals surface area contributed by atoms with Crippen LogP contribution in [0.25, 0.3) is 0 Å². The molecule has 2 rings (SSSR count). The maximum absolute atomic E-state index is 5.89. The predicted octanol–water partition coefficient (Wildman–Crippen LogP) is 1.81. The minimum atomic E-state index is 0.389. The topological polar surface area (TPSA) is 26.0 Å². The summed E-state index contributed by atoms with van der Waals surface area (Å²) in [5.74, 6) is 0. The van der Waals surface area contributed by atoms with E-state index in [9.17, 15) is 0 Å². The highest BCUT2D eigenvalue weighted by atomic mass is 14.6. The third-order valence-corrected chi connectivity index (χ3v) is 2.63. The van der Waals surface area contributed by atoms with E-state index in [1.54, 1.807) is 0 Å². The highest BCUT2D eigenvalue weighted by molar-refractivity contribution is 5.34. The Labute approximate surface area is 73.6 Å². The van der Waals surface area contributed by atoms with Gasteiger partial charge in [-0.15, -0.1) is 0 Å². The molecule has 1 aliphatic rings. The molecule has 0 saturated heterocycles. The smallest absolute Gasteiger partial charge is 0.00825 e. The summed E-state index contributed by atoms with van der Waals surface area (Å²) in [5, 5.41) is 0. The van der Waals surface area contributed by atoms with E-state index in [0.29, 0.717) is 6.04 Å². The quantitative estimate of drug-likeness (QED) is 0.617. The van der Waals surface area contributed by atoms with Crippen molar-refractivity contribution in [2.75, 3.05) is 0 Å². The van der Waals surface area contributed by atoms with E-state index in [-0.39, 0.29) is 0 Å². The standard InChI is InChI=1S/C11H15N/c1-8-2-3-10-7-11(12)5-4-9(10)6-8/h2-3,6,11H,4-5,7,12H2,1H3. The van der Waals surface area contributed by atoms with Crippen LogP contribution in [0.5, 0.6) is 0 Å². The second-order valence-electron chi connectivity index (χ2n) is 3.78. The van der Waals surface area contributed by atoms with Crippen LogP contribution in [0, 0.1) is 6.92 Å². The summed E-state index contributed by atoms with van der Waals surface area (Å²) in [4.78, 5) is 0. The van der Waals surface area contributed by atoms with Crippen molar-refractivity contribution in [2.45, 2.75) is 32.2 Å². The van der Waals surface area contributed by atoms with Crippen molar-refractivity contribution >= 4 is 0 Å². The van der Waals surface area contributed by atoms with Crippen LogP contribution in [-0.2, 0) is 12.8 Å². The Bertz CT molecular complexity index is 291. The van der Waals surface area contributed by atoms with Crippen molar-refractivity contribution < 1.29 is 0 Å². The summed E-state index contributed by atoms with van der Waals surface area (Å²) in [5.41, 5.74) is 10.2. The lowest BCUT2D eigenvalue weighted by molar-refractivity contribution is 0.576. The van der Waals surface area contributed by atoms with E-state index < -0.39 is 0 Å². The summed E-state index contributed by atoms with van der Waals surface area (Å²) in [6.07, 6.45) is 3.38. The van der Waals surface area contributed by atoms with Gasteiger partial charge in [0.1, 0.15) is 0 Å². The van der Waals surface area contributed by atoms with Gasteiger partial charge in [-0.3, -0.25) is 0 Å². The average molecular weight is 161 g/mol. The second kappa shape index (κ2) is 2.91. The molecule has 1 aromatic rings. The maximum Gasteiger partial charge on any atom is 0.00825 e. The minimum Gasteiger partial charge on any atom is -0.327 e. The van der Waals surface area contributed by atoms with Crippen LogP contribution >= 0.6 is 0 Å². The van der Waals surface area contributed by atoms with Gasteiger partial charge in [0, 0.05) is 6.04 Å². The number of hydrogen-bond donors (Lipinski definition) is 1. The van der Waals surface area contributed by atoms with Crippen molar-refractivity contribution in [3.05, 3.63) is 34.9 Å². The Balaban J connectivity index is 2.37. The molecular weight excluding hydrogens is 146 g/mol. The molecule has 1 aliphatic carbocycles. The maximum atomic E-state index is 5.89. The van der Waals surface area contributed by atoms with Crippen molar-refractivity contribution in [2.24, 2.45) is 5.73 Å². The predicted molar refractivity (Wildman–Crippen MR) is 51.2 cm³/mol. The molecule has 0 saturated carbocycles. The highest BCUT2D eigenvalue weighted by Gasteiger charge is 2.14. The zero-order valence-electron chi connectivity index (χ0n) is 7.51. The van der Waals surface area contributed by atoms with Crippen molar-refractivity contribution in [1.29, 1.82) is 0 Å². The van der Waals surface area contributed by atoms with Gasteiger partial charge in [0.2, 0.25) is 0 Å². The molecular formula is C11H15N. The summed E-state index contributed by atoms with van der Waals surface area (Å²) >= 11 is 0. The number of benzene rings is 1. The van der Waals surface area contributed by atoms with Gasteiger partial charge >= 0.3 is 0 Å². The summed E-state index contributed by atoms with van der Waals surface area (Å²) in [6.45, 7) is 2.15. The van der Waals surface area contributed by atoms with Crippen LogP contribution in [0.1, 0.15) is 23.1 Å². The fourth-order valence-corrected chi connectivity index (χ4v) is 1.91. The minimum absolute atomic E-state index is 0.389. The number of aryl methyl sites for hydroxylation is 2. The number of nitrogens with two attached hydrogens (primary N) is 1. The van der Waals surface area contributed by atoms with Crippen LogP contribution in [-0.4, -0.2) is 6.04 Å². The summed E-state index contributed by atoms with van der Waals surface area (Å²) < 4.78 is 0. The molecule has 0 aromatic heterocycles. The Kier molecular flexibility index (Phi) is 1.89. The highest BCUT2D eigenvalue weighted by Crippen LogP contribution is 2.21. The average Bonchev–Trinajstić information content (AvgIpc) is 2.05. The largest absolute Gasteiger partial charge is 0.327 e. The van der Waals surface area contributed by atoms with Gasteiger partial charge in [-0.2, -0.15) is 0 Å². The van der Waals surface area contributed by atoms with Crippen LogP contribution in [0.15, 0.2) is 18.2 Å². The Morgan fingerprint density at radius 3 is 3.00 bits per heavy atom. The van der Waals surface area contributed by atoms with Crippen molar-refractivity contribution in [1.82, 2.24) is 0 Å². The van der Waals surface area contributed by atoms with Crippen molar-refractivity contribution in [3.8, 4) is 0 Å². The SMILES string of the molecule is Cc1ccc2c(c1)CCC(N)C2. The van der Waals surface area contributed by atoms with E-state index >= 15 is 0 Å². The molecule has 0 spiro atoms. The van der Waals surface area contributed by atoms with Crippen molar-refractivity contribution in [3.63, 3.8) is 0 Å². The zero-order chi connectivity index (χ0) is 8.55. The van der Waals surface area contributed by atoms with Gasteiger partial charge in [-0.05, 0) is 37.3 Å². The van der Waals surface area contributed by atoms with Gasteiger partial charge < -0.3 is 5.73 Å². The normalized spacial score (nSPS) is 22.0. The molecule has 1 atom stereocenters. The van der Waals surface area contributed by atoms with Gasteiger partial charge in [-0.25, -0.2) is 0 Å². The first kappa shape index (κ1) is 7.81. The number of hydrogen-bond acceptors (Lipinski definition) is 1. The number of rotatable bonds is 0. The van der Waals surface area contributed by atoms with Crippen LogP contribution in [0.4, 0.5) is 0 Å². The molecule has 0 radical (unpaired) electrons.